The highest BCUT2D eigenvalue weighted by molar-refractivity contribution is 5.92. The third-order valence-corrected chi connectivity index (χ3v) is 4.59. The lowest BCUT2D eigenvalue weighted by Crippen LogP contribution is -2.05. The summed E-state index contributed by atoms with van der Waals surface area (Å²) in [6.45, 7) is 4.85. The Morgan fingerprint density at radius 3 is 2.66 bits per heavy atom. The lowest BCUT2D eigenvalue weighted by atomic mass is 10.1. The molecule has 0 aliphatic rings. The van der Waals surface area contributed by atoms with Crippen LogP contribution in [-0.2, 0) is 0 Å². The molecule has 0 atom stereocenters. The lowest BCUT2D eigenvalue weighted by molar-refractivity contribution is 0.271. The van der Waals surface area contributed by atoms with Crippen molar-refractivity contribution in [1.82, 2.24) is 20.2 Å². The number of aromatic nitrogens is 4. The Morgan fingerprint density at radius 2 is 1.86 bits per heavy atom. The van der Waals surface area contributed by atoms with Gasteiger partial charge in [0.05, 0.1) is 30.6 Å². The highest BCUT2D eigenvalue weighted by Gasteiger charge is 2.13. The van der Waals surface area contributed by atoms with Crippen molar-refractivity contribution in [2.24, 2.45) is 5.92 Å². The Labute approximate surface area is 168 Å². The predicted octanol–water partition coefficient (Wildman–Crippen LogP) is 4.31. The number of nitrogens with zero attached hydrogens (tertiary/aromatic N) is 3. The maximum atomic E-state index is 6.02. The van der Waals surface area contributed by atoms with Gasteiger partial charge in [-0.25, -0.2) is 9.97 Å². The lowest BCUT2D eigenvalue weighted by Gasteiger charge is -2.14. The van der Waals surface area contributed by atoms with Gasteiger partial charge in [-0.05, 0) is 42.3 Å². The van der Waals surface area contributed by atoms with Crippen molar-refractivity contribution in [3.8, 4) is 34.0 Å². The molecular weight excluding hydrogens is 366 g/mol. The summed E-state index contributed by atoms with van der Waals surface area (Å²) < 4.78 is 11.4. The normalized spacial score (nSPS) is 11.2. The summed E-state index contributed by atoms with van der Waals surface area (Å²) in [5.74, 6) is 2.38. The Hall–Kier alpha value is -3.61. The van der Waals surface area contributed by atoms with E-state index in [0.717, 1.165) is 44.9 Å². The summed E-state index contributed by atoms with van der Waals surface area (Å²) in [7, 11) is 1.64. The number of hydrogen-bond acceptors (Lipinski definition) is 6. The van der Waals surface area contributed by atoms with E-state index in [2.05, 4.69) is 34.0 Å². The molecule has 0 saturated carbocycles. The number of nitrogens with one attached hydrogen (secondary N) is 1. The molecular formula is C22H23N5O2. The zero-order valence-corrected chi connectivity index (χ0v) is 16.6. The third kappa shape index (κ3) is 3.85. The minimum atomic E-state index is 0.415. The number of hydrogen-bond donors (Lipinski definition) is 2. The smallest absolute Gasteiger partial charge is 0.153 e. The van der Waals surface area contributed by atoms with Crippen molar-refractivity contribution in [3.63, 3.8) is 0 Å². The summed E-state index contributed by atoms with van der Waals surface area (Å²) >= 11 is 0. The molecule has 2 aromatic heterocycles. The van der Waals surface area contributed by atoms with Crippen LogP contribution in [0.2, 0.25) is 0 Å². The molecule has 4 rings (SSSR count). The van der Waals surface area contributed by atoms with Crippen LogP contribution >= 0.6 is 0 Å². The number of rotatable bonds is 6. The van der Waals surface area contributed by atoms with Crippen LogP contribution < -0.4 is 15.2 Å². The molecule has 3 N–H and O–H groups in total. The van der Waals surface area contributed by atoms with E-state index >= 15 is 0 Å². The molecule has 0 aliphatic heterocycles. The minimum absolute atomic E-state index is 0.415. The highest BCUT2D eigenvalue weighted by Crippen LogP contribution is 2.34. The first-order valence-corrected chi connectivity index (χ1v) is 9.42. The molecule has 0 bridgehead atoms. The second-order valence-electron chi connectivity index (χ2n) is 7.22. The molecule has 7 heteroatoms. The molecule has 0 aliphatic carbocycles. The Bertz CT molecular complexity index is 1150. The van der Waals surface area contributed by atoms with E-state index in [4.69, 9.17) is 15.2 Å². The zero-order chi connectivity index (χ0) is 20.4. The average molecular weight is 389 g/mol. The van der Waals surface area contributed by atoms with Gasteiger partial charge < -0.3 is 15.2 Å². The van der Waals surface area contributed by atoms with Crippen molar-refractivity contribution in [2.75, 3.05) is 19.5 Å². The topological polar surface area (TPSA) is 98.9 Å². The van der Waals surface area contributed by atoms with Crippen LogP contribution in [0.15, 0.2) is 48.8 Å². The minimum Gasteiger partial charge on any atom is -0.497 e. The molecule has 0 fully saturated rings. The second-order valence-corrected chi connectivity index (χ2v) is 7.22. The van der Waals surface area contributed by atoms with Gasteiger partial charge in [0.1, 0.15) is 17.8 Å². The summed E-state index contributed by atoms with van der Waals surface area (Å²) in [6, 6.07) is 13.6. The number of methoxy groups -OCH3 is 1. The fraction of sp³-hybridized carbons (Fsp3) is 0.227. The van der Waals surface area contributed by atoms with Gasteiger partial charge >= 0.3 is 0 Å². The SMILES string of the molecule is COc1ccc(OCC(C)C)c(-c2cc(-c3ccc4[nH]nc(N)c4c3)ncn2)c1. The van der Waals surface area contributed by atoms with Crippen molar-refractivity contribution in [1.29, 1.82) is 0 Å². The van der Waals surface area contributed by atoms with E-state index in [9.17, 15) is 0 Å². The van der Waals surface area contributed by atoms with Gasteiger partial charge in [-0.1, -0.05) is 19.9 Å². The van der Waals surface area contributed by atoms with E-state index < -0.39 is 0 Å². The van der Waals surface area contributed by atoms with Gasteiger partial charge in [0.25, 0.3) is 0 Å². The van der Waals surface area contributed by atoms with Gasteiger partial charge in [-0.3, -0.25) is 5.10 Å². The highest BCUT2D eigenvalue weighted by atomic mass is 16.5. The zero-order valence-electron chi connectivity index (χ0n) is 16.6. The van der Waals surface area contributed by atoms with Gasteiger partial charge in [-0.2, -0.15) is 5.10 Å². The van der Waals surface area contributed by atoms with E-state index in [-0.39, 0.29) is 0 Å². The van der Waals surface area contributed by atoms with Gasteiger partial charge in [0.2, 0.25) is 0 Å². The molecule has 148 valence electrons. The molecule has 0 saturated heterocycles. The number of nitrogens with two attached hydrogens (primary N) is 1. The van der Waals surface area contributed by atoms with Crippen LogP contribution in [0.4, 0.5) is 5.82 Å². The number of H-pyrrole nitrogens is 1. The molecule has 0 amide bonds. The van der Waals surface area contributed by atoms with Crippen LogP contribution in [0.25, 0.3) is 33.4 Å². The van der Waals surface area contributed by atoms with E-state index in [1.165, 1.54) is 0 Å². The standard InChI is InChI=1S/C22H23N5O2/c1-13(2)11-29-21-7-5-15(28-3)9-16(21)20-10-19(24-12-25-20)14-4-6-18-17(8-14)22(23)27-26-18/h4-10,12-13H,11H2,1-3H3,(H3,23,26,27). The predicted molar refractivity (Wildman–Crippen MR) is 114 cm³/mol. The number of benzene rings is 2. The quantitative estimate of drug-likeness (QED) is 0.510. The molecule has 0 spiro atoms. The van der Waals surface area contributed by atoms with Crippen molar-refractivity contribution < 1.29 is 9.47 Å². The first kappa shape index (κ1) is 18.7. The summed E-state index contributed by atoms with van der Waals surface area (Å²) in [4.78, 5) is 8.93. The van der Waals surface area contributed by atoms with E-state index in [1.807, 2.05) is 42.5 Å². The van der Waals surface area contributed by atoms with Crippen molar-refractivity contribution in [2.45, 2.75) is 13.8 Å². The Kier molecular flexibility index (Phi) is 5.03. The fourth-order valence-electron chi connectivity index (χ4n) is 3.07. The number of anilines is 1. The number of nitrogen functional groups attached to an aromatic ring is 1. The molecule has 0 unspecified atom stereocenters. The Morgan fingerprint density at radius 1 is 1.03 bits per heavy atom. The number of fused-ring (bicyclic) bond motifs is 1. The molecule has 29 heavy (non-hydrogen) atoms. The van der Waals surface area contributed by atoms with Crippen LogP contribution in [0, 0.1) is 5.92 Å². The second kappa shape index (κ2) is 7.79. The summed E-state index contributed by atoms with van der Waals surface area (Å²) in [5, 5.41) is 7.83. The molecule has 2 heterocycles. The average Bonchev–Trinajstić information content (AvgIpc) is 3.12. The van der Waals surface area contributed by atoms with Crippen LogP contribution in [0.3, 0.4) is 0 Å². The summed E-state index contributed by atoms with van der Waals surface area (Å²) in [6.07, 6.45) is 1.55. The van der Waals surface area contributed by atoms with E-state index in [1.54, 1.807) is 13.4 Å². The monoisotopic (exact) mass is 389 g/mol. The Balaban J connectivity index is 1.77. The number of aromatic amines is 1. The maximum absolute atomic E-state index is 6.02. The van der Waals surface area contributed by atoms with Gasteiger partial charge in [-0.15, -0.1) is 0 Å². The first-order valence-electron chi connectivity index (χ1n) is 9.42. The van der Waals surface area contributed by atoms with Gasteiger partial charge in [0, 0.05) is 16.5 Å². The molecule has 2 aromatic carbocycles. The van der Waals surface area contributed by atoms with Crippen LogP contribution in [0.5, 0.6) is 11.5 Å². The maximum Gasteiger partial charge on any atom is 0.153 e. The van der Waals surface area contributed by atoms with Crippen molar-refractivity contribution >= 4 is 16.7 Å². The molecule has 7 nitrogen and oxygen atoms in total. The molecule has 0 radical (unpaired) electrons. The molecule has 4 aromatic rings. The van der Waals surface area contributed by atoms with Crippen LogP contribution in [-0.4, -0.2) is 33.9 Å². The fourth-order valence-corrected chi connectivity index (χ4v) is 3.07. The van der Waals surface area contributed by atoms with Crippen LogP contribution in [0.1, 0.15) is 13.8 Å². The van der Waals surface area contributed by atoms with E-state index in [0.29, 0.717) is 18.3 Å². The van der Waals surface area contributed by atoms with Gasteiger partial charge in [0.15, 0.2) is 5.82 Å². The number of ether oxygens (including phenoxy) is 2. The third-order valence-electron chi connectivity index (χ3n) is 4.59. The van der Waals surface area contributed by atoms with Crippen molar-refractivity contribution in [3.05, 3.63) is 48.8 Å². The summed E-state index contributed by atoms with van der Waals surface area (Å²) in [5.41, 5.74) is 10.2. The first-order chi connectivity index (χ1) is 14.0. The largest absolute Gasteiger partial charge is 0.497 e.